The molecule has 0 aromatic heterocycles. The molecule has 1 aromatic carbocycles. The van der Waals surface area contributed by atoms with Gasteiger partial charge in [-0.05, 0) is 30.2 Å². The number of guanidine groups is 1. The molecule has 156 valence electrons. The van der Waals surface area contributed by atoms with Gasteiger partial charge in [0.15, 0.2) is 5.96 Å². The Bertz CT molecular complexity index is 636. The Morgan fingerprint density at radius 1 is 1.25 bits per heavy atom. The molecule has 0 spiro atoms. The minimum Gasteiger partial charge on any atom is -0.374 e. The summed E-state index contributed by atoms with van der Waals surface area (Å²) in [5.41, 5.74) is 0.590. The average molecular weight is 410 g/mol. The summed E-state index contributed by atoms with van der Waals surface area (Å²) in [5.74, 6) is 1.23. The van der Waals surface area contributed by atoms with E-state index in [1.165, 1.54) is 0 Å². The Kier molecular flexibility index (Phi) is 9.54. The van der Waals surface area contributed by atoms with E-state index in [2.05, 4.69) is 39.7 Å². The first-order valence-corrected chi connectivity index (χ1v) is 10.2. The maximum Gasteiger partial charge on any atom is 0.251 e. The van der Waals surface area contributed by atoms with Gasteiger partial charge in [0.1, 0.15) is 0 Å². The van der Waals surface area contributed by atoms with Crippen LogP contribution in [0, 0.1) is 5.92 Å². The summed E-state index contributed by atoms with van der Waals surface area (Å²) in [6.45, 7) is 10.0. The fraction of sp³-hybridized carbons (Fsp3) is 0.600. The van der Waals surface area contributed by atoms with Crippen molar-refractivity contribution in [2.45, 2.75) is 20.0 Å². The van der Waals surface area contributed by atoms with E-state index < -0.39 is 0 Å². The van der Waals surface area contributed by atoms with Gasteiger partial charge in [0.25, 0.3) is 5.91 Å². The predicted molar refractivity (Wildman–Crippen MR) is 114 cm³/mol. The molecule has 0 radical (unpaired) electrons. The molecule has 1 atom stereocenters. The zero-order chi connectivity index (χ0) is 20.4. The monoisotopic (exact) mass is 409 g/mol. The highest BCUT2D eigenvalue weighted by Gasteiger charge is 2.21. The molecule has 1 aliphatic heterocycles. The highest BCUT2D eigenvalue weighted by atomic mass is 35.5. The van der Waals surface area contributed by atoms with Crippen LogP contribution in [-0.2, 0) is 4.74 Å². The van der Waals surface area contributed by atoms with Crippen LogP contribution >= 0.6 is 11.6 Å². The van der Waals surface area contributed by atoms with Crippen molar-refractivity contribution in [2.75, 3.05) is 52.9 Å². The fourth-order valence-corrected chi connectivity index (χ4v) is 3.20. The number of nitrogens with zero attached hydrogens (tertiary/aromatic N) is 2. The zero-order valence-electron chi connectivity index (χ0n) is 17.0. The summed E-state index contributed by atoms with van der Waals surface area (Å²) in [7, 11) is 1.73. The van der Waals surface area contributed by atoms with E-state index in [1.54, 1.807) is 31.3 Å². The quantitative estimate of drug-likeness (QED) is 0.345. The second-order valence-electron chi connectivity index (χ2n) is 7.29. The topological polar surface area (TPSA) is 78.0 Å². The average Bonchev–Trinajstić information content (AvgIpc) is 2.67. The van der Waals surface area contributed by atoms with E-state index >= 15 is 0 Å². The number of carbonyl (C=O) groups excluding carboxylic acids is 1. The molecule has 1 fully saturated rings. The number of benzene rings is 1. The summed E-state index contributed by atoms with van der Waals surface area (Å²) in [6, 6.07) is 6.82. The smallest absolute Gasteiger partial charge is 0.251 e. The Labute approximate surface area is 172 Å². The normalized spacial score (nSPS) is 18.2. The van der Waals surface area contributed by atoms with Gasteiger partial charge >= 0.3 is 0 Å². The number of rotatable bonds is 8. The molecular weight excluding hydrogens is 378 g/mol. The van der Waals surface area contributed by atoms with Gasteiger partial charge in [0.05, 0.1) is 12.7 Å². The first kappa shape index (κ1) is 22.5. The Morgan fingerprint density at radius 3 is 2.64 bits per heavy atom. The van der Waals surface area contributed by atoms with E-state index in [0.29, 0.717) is 42.1 Å². The van der Waals surface area contributed by atoms with Crippen molar-refractivity contribution in [2.24, 2.45) is 10.9 Å². The predicted octanol–water partition coefficient (Wildman–Crippen LogP) is 1.59. The molecular formula is C20H32ClN5O2. The lowest BCUT2D eigenvalue weighted by molar-refractivity contribution is -0.0284. The van der Waals surface area contributed by atoms with Gasteiger partial charge in [-0.2, -0.15) is 0 Å². The largest absolute Gasteiger partial charge is 0.374 e. The highest BCUT2D eigenvalue weighted by Crippen LogP contribution is 2.09. The van der Waals surface area contributed by atoms with Crippen LogP contribution < -0.4 is 16.0 Å². The molecule has 3 N–H and O–H groups in total. The lowest BCUT2D eigenvalue weighted by Gasteiger charge is -2.34. The Hall–Kier alpha value is -1.83. The van der Waals surface area contributed by atoms with Crippen molar-refractivity contribution < 1.29 is 9.53 Å². The summed E-state index contributed by atoms with van der Waals surface area (Å²) < 4.78 is 5.85. The maximum atomic E-state index is 12.1. The van der Waals surface area contributed by atoms with Crippen LogP contribution in [0.1, 0.15) is 24.2 Å². The van der Waals surface area contributed by atoms with Gasteiger partial charge in [-0.1, -0.05) is 25.4 Å². The molecule has 1 saturated heterocycles. The molecule has 0 saturated carbocycles. The number of aliphatic imine (C=N–C) groups is 1. The van der Waals surface area contributed by atoms with Crippen molar-refractivity contribution in [3.63, 3.8) is 0 Å². The Balaban J connectivity index is 1.64. The molecule has 0 aliphatic carbocycles. The maximum absolute atomic E-state index is 12.1. The third-order valence-electron chi connectivity index (χ3n) is 4.38. The molecule has 1 heterocycles. The molecule has 7 nitrogen and oxygen atoms in total. The van der Waals surface area contributed by atoms with Crippen molar-refractivity contribution >= 4 is 23.5 Å². The van der Waals surface area contributed by atoms with Gasteiger partial charge in [-0.3, -0.25) is 14.7 Å². The van der Waals surface area contributed by atoms with Gasteiger partial charge in [-0.15, -0.1) is 0 Å². The molecule has 1 amide bonds. The number of nitrogens with one attached hydrogen (secondary N) is 3. The number of morpholine rings is 1. The number of hydrogen-bond donors (Lipinski definition) is 3. The van der Waals surface area contributed by atoms with Crippen LogP contribution in [0.25, 0.3) is 0 Å². The van der Waals surface area contributed by atoms with Crippen molar-refractivity contribution in [3.05, 3.63) is 34.9 Å². The molecule has 8 heteroatoms. The van der Waals surface area contributed by atoms with E-state index in [0.717, 1.165) is 26.2 Å². The van der Waals surface area contributed by atoms with Crippen LogP contribution in [0.5, 0.6) is 0 Å². The number of ether oxygens (including phenoxy) is 1. The fourth-order valence-electron chi connectivity index (χ4n) is 3.08. The highest BCUT2D eigenvalue weighted by molar-refractivity contribution is 6.30. The summed E-state index contributed by atoms with van der Waals surface area (Å²) in [5, 5.41) is 9.98. The minimum absolute atomic E-state index is 0.123. The first-order valence-electron chi connectivity index (χ1n) is 9.80. The van der Waals surface area contributed by atoms with Gasteiger partial charge < -0.3 is 20.7 Å². The van der Waals surface area contributed by atoms with Crippen LogP contribution in [0.15, 0.2) is 29.3 Å². The standard InChI is InChI=1S/C20H32ClN5O2/c1-15(2)13-26-10-11-28-18(14-26)12-25-20(22-3)24-9-8-23-19(27)16-4-6-17(21)7-5-16/h4-7,15,18H,8-14H2,1-3H3,(H,23,27)(H2,22,24,25). The van der Waals surface area contributed by atoms with E-state index in [-0.39, 0.29) is 12.0 Å². The van der Waals surface area contributed by atoms with Crippen molar-refractivity contribution in [1.29, 1.82) is 0 Å². The molecule has 1 aromatic rings. The molecule has 0 bridgehead atoms. The number of hydrogen-bond acceptors (Lipinski definition) is 4. The number of halogens is 1. The SMILES string of the molecule is CN=C(NCCNC(=O)c1ccc(Cl)cc1)NCC1CN(CC(C)C)CCO1. The summed E-state index contributed by atoms with van der Waals surface area (Å²) >= 11 is 5.84. The lowest BCUT2D eigenvalue weighted by atomic mass is 10.2. The molecule has 1 unspecified atom stereocenters. The van der Waals surface area contributed by atoms with E-state index in [1.807, 2.05) is 0 Å². The van der Waals surface area contributed by atoms with Gasteiger partial charge in [-0.25, -0.2) is 0 Å². The number of carbonyl (C=O) groups is 1. The van der Waals surface area contributed by atoms with Crippen LogP contribution in [-0.4, -0.2) is 75.8 Å². The molecule has 2 rings (SSSR count). The second kappa shape index (κ2) is 11.9. The van der Waals surface area contributed by atoms with E-state index in [9.17, 15) is 4.79 Å². The van der Waals surface area contributed by atoms with Gasteiger partial charge in [0.2, 0.25) is 0 Å². The summed E-state index contributed by atoms with van der Waals surface area (Å²) in [6.07, 6.45) is 0.149. The number of amides is 1. The zero-order valence-corrected chi connectivity index (χ0v) is 17.8. The molecule has 28 heavy (non-hydrogen) atoms. The first-order chi connectivity index (χ1) is 13.5. The van der Waals surface area contributed by atoms with Crippen LogP contribution in [0.4, 0.5) is 0 Å². The third kappa shape index (κ3) is 8.04. The minimum atomic E-state index is -0.123. The van der Waals surface area contributed by atoms with Crippen LogP contribution in [0.2, 0.25) is 5.02 Å². The lowest BCUT2D eigenvalue weighted by Crippen LogP contribution is -2.50. The van der Waals surface area contributed by atoms with Crippen molar-refractivity contribution in [1.82, 2.24) is 20.9 Å². The van der Waals surface area contributed by atoms with E-state index in [4.69, 9.17) is 16.3 Å². The third-order valence-corrected chi connectivity index (χ3v) is 4.63. The van der Waals surface area contributed by atoms with Crippen LogP contribution in [0.3, 0.4) is 0 Å². The van der Waals surface area contributed by atoms with Crippen molar-refractivity contribution in [3.8, 4) is 0 Å². The van der Waals surface area contributed by atoms with Gasteiger partial charge in [0, 0.05) is 56.9 Å². The second-order valence-corrected chi connectivity index (χ2v) is 7.73. The Morgan fingerprint density at radius 2 is 1.96 bits per heavy atom. The molecule has 1 aliphatic rings. The summed E-state index contributed by atoms with van der Waals surface area (Å²) in [4.78, 5) is 18.7.